The third-order valence-corrected chi connectivity index (χ3v) is 5.81. The molecule has 7 heteroatoms. The predicted molar refractivity (Wildman–Crippen MR) is 93.4 cm³/mol. The minimum Gasteiger partial charge on any atom is -0.341 e. The fraction of sp³-hybridized carbons (Fsp3) is 0.611. The Balaban J connectivity index is 1.57. The summed E-state index contributed by atoms with van der Waals surface area (Å²) in [6.07, 6.45) is -2.43. The van der Waals surface area contributed by atoms with Gasteiger partial charge >= 0.3 is 6.18 Å². The lowest BCUT2D eigenvalue weighted by molar-refractivity contribution is -0.138. The van der Waals surface area contributed by atoms with Crippen LogP contribution in [0, 0.1) is 5.92 Å². The molecule has 2 aliphatic rings. The zero-order chi connectivity index (χ0) is 17.9. The van der Waals surface area contributed by atoms with Crippen molar-refractivity contribution in [2.45, 2.75) is 25.6 Å². The average molecular weight is 372 g/mol. The number of benzene rings is 1. The van der Waals surface area contributed by atoms with E-state index in [9.17, 15) is 18.0 Å². The summed E-state index contributed by atoms with van der Waals surface area (Å²) >= 11 is 1.88. The van der Waals surface area contributed by atoms with Crippen molar-refractivity contribution in [2.24, 2.45) is 5.92 Å². The third kappa shape index (κ3) is 4.91. The SMILES string of the molecule is O=C(C1CCCN(Cc2ccc(C(F)(F)F)cc2)C1)N1CCSCC1. The minimum absolute atomic E-state index is 0.0197. The summed E-state index contributed by atoms with van der Waals surface area (Å²) in [5.41, 5.74) is 0.237. The van der Waals surface area contributed by atoms with E-state index in [2.05, 4.69) is 4.90 Å². The molecule has 2 fully saturated rings. The molecule has 0 N–H and O–H groups in total. The lowest BCUT2D eigenvalue weighted by atomic mass is 9.96. The Labute approximate surface area is 150 Å². The van der Waals surface area contributed by atoms with Gasteiger partial charge in [0.25, 0.3) is 0 Å². The highest BCUT2D eigenvalue weighted by molar-refractivity contribution is 7.99. The van der Waals surface area contributed by atoms with Crippen LogP contribution in [0.15, 0.2) is 24.3 Å². The molecule has 2 aliphatic heterocycles. The molecule has 3 nitrogen and oxygen atoms in total. The van der Waals surface area contributed by atoms with E-state index in [1.165, 1.54) is 12.1 Å². The van der Waals surface area contributed by atoms with Crippen LogP contribution in [0.2, 0.25) is 0 Å². The van der Waals surface area contributed by atoms with Gasteiger partial charge in [-0.25, -0.2) is 0 Å². The molecule has 0 bridgehead atoms. The van der Waals surface area contributed by atoms with Crippen LogP contribution >= 0.6 is 11.8 Å². The van der Waals surface area contributed by atoms with Gasteiger partial charge in [-0.3, -0.25) is 9.69 Å². The van der Waals surface area contributed by atoms with E-state index in [1.54, 1.807) is 0 Å². The van der Waals surface area contributed by atoms with Crippen LogP contribution in [-0.4, -0.2) is 53.4 Å². The van der Waals surface area contributed by atoms with E-state index >= 15 is 0 Å². The Hall–Kier alpha value is -1.21. The number of hydrogen-bond donors (Lipinski definition) is 0. The van der Waals surface area contributed by atoms with Gasteiger partial charge in [-0.15, -0.1) is 0 Å². The van der Waals surface area contributed by atoms with Crippen LogP contribution in [0.5, 0.6) is 0 Å². The largest absolute Gasteiger partial charge is 0.416 e. The molecule has 3 rings (SSSR count). The second kappa shape index (κ2) is 7.99. The third-order valence-electron chi connectivity index (χ3n) is 4.86. The van der Waals surface area contributed by atoms with E-state index in [0.29, 0.717) is 13.1 Å². The second-order valence-electron chi connectivity index (χ2n) is 6.71. The number of rotatable bonds is 3. The van der Waals surface area contributed by atoms with E-state index in [-0.39, 0.29) is 11.8 Å². The maximum atomic E-state index is 12.7. The van der Waals surface area contributed by atoms with Crippen molar-refractivity contribution in [1.82, 2.24) is 9.80 Å². The molecule has 0 radical (unpaired) electrons. The van der Waals surface area contributed by atoms with Gasteiger partial charge in [0.1, 0.15) is 0 Å². The van der Waals surface area contributed by atoms with Crippen LogP contribution < -0.4 is 0 Å². The molecule has 2 heterocycles. The van der Waals surface area contributed by atoms with Crippen LogP contribution in [0.4, 0.5) is 13.2 Å². The monoisotopic (exact) mass is 372 g/mol. The molecule has 2 saturated heterocycles. The van der Waals surface area contributed by atoms with Crippen LogP contribution in [-0.2, 0) is 17.5 Å². The van der Waals surface area contributed by atoms with Gasteiger partial charge < -0.3 is 4.90 Å². The first kappa shape index (κ1) is 18.6. The summed E-state index contributed by atoms with van der Waals surface area (Å²) in [5, 5.41) is 0. The number of halogens is 3. The minimum atomic E-state index is -4.30. The van der Waals surface area contributed by atoms with E-state index in [4.69, 9.17) is 0 Å². The van der Waals surface area contributed by atoms with E-state index in [0.717, 1.165) is 61.7 Å². The summed E-state index contributed by atoms with van der Waals surface area (Å²) in [6, 6.07) is 5.34. The number of thioether (sulfide) groups is 1. The first-order valence-electron chi connectivity index (χ1n) is 8.68. The number of amides is 1. The standard InChI is InChI=1S/C18H23F3N2OS/c19-18(20,21)16-5-3-14(4-6-16)12-22-7-1-2-15(13-22)17(24)23-8-10-25-11-9-23/h3-6,15H,1-2,7-13H2. The molecular weight excluding hydrogens is 349 g/mol. The lowest BCUT2D eigenvalue weighted by Crippen LogP contribution is -2.47. The van der Waals surface area contributed by atoms with Gasteiger partial charge in [0, 0.05) is 37.7 Å². The lowest BCUT2D eigenvalue weighted by Gasteiger charge is -2.36. The normalized spacial score (nSPS) is 22.8. The second-order valence-corrected chi connectivity index (χ2v) is 7.93. The Bertz CT molecular complexity index is 585. The summed E-state index contributed by atoms with van der Waals surface area (Å²) in [7, 11) is 0. The number of nitrogens with zero attached hydrogens (tertiary/aromatic N) is 2. The molecule has 0 aromatic heterocycles. The predicted octanol–water partition coefficient (Wildman–Crippen LogP) is 3.49. The van der Waals surface area contributed by atoms with Crippen molar-refractivity contribution < 1.29 is 18.0 Å². The van der Waals surface area contributed by atoms with Crippen LogP contribution in [0.3, 0.4) is 0 Å². The number of likely N-dealkylation sites (tertiary alicyclic amines) is 1. The molecule has 1 atom stereocenters. The van der Waals surface area contributed by atoms with Gasteiger partial charge in [0.15, 0.2) is 0 Å². The molecule has 1 amide bonds. The van der Waals surface area contributed by atoms with Crippen molar-refractivity contribution in [3.63, 3.8) is 0 Å². The molecule has 0 saturated carbocycles. The van der Waals surface area contributed by atoms with Crippen molar-refractivity contribution in [3.8, 4) is 0 Å². The smallest absolute Gasteiger partial charge is 0.341 e. The van der Waals surface area contributed by atoms with Gasteiger partial charge in [-0.05, 0) is 37.1 Å². The molecule has 1 unspecified atom stereocenters. The Morgan fingerprint density at radius 1 is 1.12 bits per heavy atom. The van der Waals surface area contributed by atoms with E-state index in [1.807, 2.05) is 16.7 Å². The van der Waals surface area contributed by atoms with Gasteiger partial charge in [-0.2, -0.15) is 24.9 Å². The topological polar surface area (TPSA) is 23.6 Å². The zero-order valence-corrected chi connectivity index (χ0v) is 14.9. The van der Waals surface area contributed by atoms with Crippen molar-refractivity contribution in [3.05, 3.63) is 35.4 Å². The fourth-order valence-corrected chi connectivity index (χ4v) is 4.40. The van der Waals surface area contributed by atoms with Crippen molar-refractivity contribution >= 4 is 17.7 Å². The first-order chi connectivity index (χ1) is 11.9. The van der Waals surface area contributed by atoms with Gasteiger partial charge in [0.2, 0.25) is 5.91 Å². The molecule has 0 aliphatic carbocycles. The van der Waals surface area contributed by atoms with Crippen molar-refractivity contribution in [2.75, 3.05) is 37.7 Å². The Morgan fingerprint density at radius 2 is 1.80 bits per heavy atom. The number of carbonyl (C=O) groups is 1. The molecule has 1 aromatic carbocycles. The van der Waals surface area contributed by atoms with Gasteiger partial charge in [-0.1, -0.05) is 12.1 Å². The summed E-state index contributed by atoms with van der Waals surface area (Å²) in [4.78, 5) is 16.8. The summed E-state index contributed by atoms with van der Waals surface area (Å²) in [5.74, 6) is 2.28. The number of hydrogen-bond acceptors (Lipinski definition) is 3. The highest BCUT2D eigenvalue weighted by atomic mass is 32.2. The fourth-order valence-electron chi connectivity index (χ4n) is 3.50. The molecule has 25 heavy (non-hydrogen) atoms. The number of alkyl halides is 3. The summed E-state index contributed by atoms with van der Waals surface area (Å²) < 4.78 is 37.9. The number of piperidine rings is 1. The Morgan fingerprint density at radius 3 is 2.44 bits per heavy atom. The van der Waals surface area contributed by atoms with Crippen LogP contribution in [0.25, 0.3) is 0 Å². The first-order valence-corrected chi connectivity index (χ1v) is 9.84. The number of carbonyl (C=O) groups excluding carboxylic acids is 1. The highest BCUT2D eigenvalue weighted by Crippen LogP contribution is 2.29. The maximum Gasteiger partial charge on any atom is 0.416 e. The molecular formula is C18H23F3N2OS. The van der Waals surface area contributed by atoms with Gasteiger partial charge in [0.05, 0.1) is 11.5 Å². The van der Waals surface area contributed by atoms with Crippen LogP contribution in [0.1, 0.15) is 24.0 Å². The average Bonchev–Trinajstić information content (AvgIpc) is 2.62. The summed E-state index contributed by atoms with van der Waals surface area (Å²) in [6.45, 7) is 3.85. The zero-order valence-electron chi connectivity index (χ0n) is 14.1. The van der Waals surface area contributed by atoms with E-state index < -0.39 is 11.7 Å². The molecule has 138 valence electrons. The van der Waals surface area contributed by atoms with Crippen molar-refractivity contribution in [1.29, 1.82) is 0 Å². The maximum absolute atomic E-state index is 12.7. The quantitative estimate of drug-likeness (QED) is 0.812. The Kier molecular flexibility index (Phi) is 5.94. The molecule has 1 aromatic rings. The highest BCUT2D eigenvalue weighted by Gasteiger charge is 2.31. The molecule has 0 spiro atoms.